The van der Waals surface area contributed by atoms with E-state index < -0.39 is 16.8 Å². The van der Waals surface area contributed by atoms with Gasteiger partial charge in [0.25, 0.3) is 5.09 Å². The summed E-state index contributed by atoms with van der Waals surface area (Å²) < 4.78 is 0. The number of carbonyl (C=O) groups excluding carboxylic acids is 1. The molecule has 0 bridgehead atoms. The number of carbonyl (C=O) groups is 2. The highest BCUT2D eigenvalue weighted by Gasteiger charge is 2.17. The molecular weight excluding hydrogens is 270 g/mol. The van der Waals surface area contributed by atoms with Crippen LogP contribution < -0.4 is 0 Å². The average Bonchev–Trinajstić information content (AvgIpc) is 2.40. The second kappa shape index (κ2) is 8.43. The zero-order chi connectivity index (χ0) is 15.0. The fraction of sp³-hybridized carbons (Fsp3) is 0.818. The highest BCUT2D eigenvalue weighted by molar-refractivity contribution is 6.32. The van der Waals surface area contributed by atoms with Gasteiger partial charge in [-0.1, -0.05) is 0 Å². The molecule has 0 unspecified atom stereocenters. The average molecular weight is 289 g/mol. The summed E-state index contributed by atoms with van der Waals surface area (Å²) >= 11 is 0. The highest BCUT2D eigenvalue weighted by Crippen LogP contribution is 2.04. The zero-order valence-corrected chi connectivity index (χ0v) is 11.2. The van der Waals surface area contributed by atoms with Crippen LogP contribution in [0.1, 0.15) is 12.8 Å². The molecule has 1 saturated heterocycles. The Bertz CT molecular complexity index is 354. The van der Waals surface area contributed by atoms with E-state index in [9.17, 15) is 19.7 Å². The van der Waals surface area contributed by atoms with Gasteiger partial charge in [0.15, 0.2) is 0 Å². The number of hydrogen-bond acceptors (Lipinski definition) is 7. The number of ketones is 1. The third kappa shape index (κ3) is 6.43. The Labute approximate surface area is 116 Å². The number of piperazine rings is 1. The van der Waals surface area contributed by atoms with E-state index in [1.807, 2.05) is 0 Å². The summed E-state index contributed by atoms with van der Waals surface area (Å²) in [6.45, 7) is 4.46. The maximum absolute atomic E-state index is 10.9. The van der Waals surface area contributed by atoms with Gasteiger partial charge in [0, 0.05) is 39.1 Å². The van der Waals surface area contributed by atoms with Gasteiger partial charge in [-0.25, -0.2) is 4.79 Å². The normalized spacial score (nSPS) is 16.8. The fourth-order valence-corrected chi connectivity index (χ4v) is 2.05. The first kappa shape index (κ1) is 16.3. The molecule has 20 heavy (non-hydrogen) atoms. The second-order valence-corrected chi connectivity index (χ2v) is 4.57. The summed E-state index contributed by atoms with van der Waals surface area (Å²) in [6.07, 6.45) is 0.599. The minimum atomic E-state index is -1.37. The molecule has 9 nitrogen and oxygen atoms in total. The van der Waals surface area contributed by atoms with Crippen LogP contribution in [0.2, 0.25) is 0 Å². The van der Waals surface area contributed by atoms with Crippen molar-refractivity contribution in [2.75, 3.05) is 45.9 Å². The summed E-state index contributed by atoms with van der Waals surface area (Å²) in [7, 11) is 0. The molecule has 0 aromatic carbocycles. The molecule has 9 heteroatoms. The topological polar surface area (TPSA) is 113 Å². The molecule has 1 heterocycles. The number of Topliss-reactive ketones (excluding diaryl/α,β-unsaturated/α-hetero) is 1. The van der Waals surface area contributed by atoms with Crippen molar-refractivity contribution in [2.45, 2.75) is 12.8 Å². The second-order valence-electron chi connectivity index (χ2n) is 4.57. The van der Waals surface area contributed by atoms with Gasteiger partial charge in [0.05, 0.1) is 0 Å². The van der Waals surface area contributed by atoms with E-state index in [0.717, 1.165) is 26.2 Å². The van der Waals surface area contributed by atoms with Crippen molar-refractivity contribution in [3.05, 3.63) is 10.1 Å². The van der Waals surface area contributed by atoms with E-state index in [0.29, 0.717) is 19.5 Å². The third-order valence-electron chi connectivity index (χ3n) is 3.19. The zero-order valence-electron chi connectivity index (χ0n) is 11.2. The van der Waals surface area contributed by atoms with Crippen LogP contribution >= 0.6 is 0 Å². The molecule has 1 fully saturated rings. The van der Waals surface area contributed by atoms with Crippen LogP contribution in [-0.4, -0.2) is 77.6 Å². The molecule has 1 aliphatic heterocycles. The molecule has 0 saturated carbocycles. The number of carboxylic acid groups (broad SMARTS) is 1. The Morgan fingerprint density at radius 1 is 1.15 bits per heavy atom. The Morgan fingerprint density at radius 3 is 2.20 bits per heavy atom. The minimum absolute atomic E-state index is 0.0617. The van der Waals surface area contributed by atoms with Crippen LogP contribution in [0.3, 0.4) is 0 Å². The molecule has 0 amide bonds. The van der Waals surface area contributed by atoms with Crippen molar-refractivity contribution in [1.29, 1.82) is 0 Å². The predicted molar refractivity (Wildman–Crippen MR) is 67.7 cm³/mol. The standard InChI is InChI=1S/C11H19N3O6/c15-10(11(16)17)2-1-3-12-4-6-13(7-5-12)8-9-20-14(18)19/h1-9H2,(H,16,17). The van der Waals surface area contributed by atoms with Gasteiger partial charge in [-0.3, -0.25) is 9.69 Å². The van der Waals surface area contributed by atoms with Gasteiger partial charge in [-0.2, -0.15) is 0 Å². The SMILES string of the molecule is O=C(O)C(=O)CCCN1CCN(CCO[N+](=O)[O-])CC1. The molecule has 1 N–H and O–H groups in total. The number of hydrogen-bond donors (Lipinski definition) is 1. The van der Waals surface area contributed by atoms with E-state index in [4.69, 9.17) is 5.11 Å². The predicted octanol–water partition coefficient (Wildman–Crippen LogP) is -0.754. The van der Waals surface area contributed by atoms with Crippen LogP contribution in [0.15, 0.2) is 0 Å². The van der Waals surface area contributed by atoms with Gasteiger partial charge in [0.2, 0.25) is 5.78 Å². The molecule has 0 aromatic rings. The molecule has 0 atom stereocenters. The lowest BCUT2D eigenvalue weighted by atomic mass is 10.2. The van der Waals surface area contributed by atoms with Crippen LogP contribution in [0.5, 0.6) is 0 Å². The van der Waals surface area contributed by atoms with Crippen LogP contribution in [-0.2, 0) is 14.4 Å². The van der Waals surface area contributed by atoms with Crippen LogP contribution in [0.25, 0.3) is 0 Å². The van der Waals surface area contributed by atoms with Crippen molar-refractivity contribution in [3.8, 4) is 0 Å². The summed E-state index contributed by atoms with van der Waals surface area (Å²) in [5.41, 5.74) is 0. The fourth-order valence-electron chi connectivity index (χ4n) is 2.05. The smallest absolute Gasteiger partial charge is 0.372 e. The van der Waals surface area contributed by atoms with Crippen LogP contribution in [0.4, 0.5) is 0 Å². The van der Waals surface area contributed by atoms with Gasteiger partial charge >= 0.3 is 5.97 Å². The molecular formula is C11H19N3O6. The summed E-state index contributed by atoms with van der Waals surface area (Å²) in [4.78, 5) is 39.7. The summed E-state index contributed by atoms with van der Waals surface area (Å²) in [6, 6.07) is 0. The molecule has 0 aromatic heterocycles. The number of aliphatic carboxylic acids is 1. The molecule has 0 spiro atoms. The van der Waals surface area contributed by atoms with E-state index in [-0.39, 0.29) is 13.0 Å². The van der Waals surface area contributed by atoms with Crippen molar-refractivity contribution < 1.29 is 24.6 Å². The Morgan fingerprint density at radius 2 is 1.70 bits per heavy atom. The highest BCUT2D eigenvalue weighted by atomic mass is 16.9. The van der Waals surface area contributed by atoms with Crippen molar-refractivity contribution in [1.82, 2.24) is 9.80 Å². The molecule has 114 valence electrons. The van der Waals surface area contributed by atoms with Gasteiger partial charge in [-0.15, -0.1) is 10.1 Å². The largest absolute Gasteiger partial charge is 0.476 e. The Hall–Kier alpha value is -1.74. The summed E-state index contributed by atoms with van der Waals surface area (Å²) in [5, 5.41) is 17.7. The maximum Gasteiger partial charge on any atom is 0.372 e. The van der Waals surface area contributed by atoms with Crippen molar-refractivity contribution in [2.24, 2.45) is 0 Å². The first-order chi connectivity index (χ1) is 9.49. The monoisotopic (exact) mass is 289 g/mol. The number of carboxylic acids is 1. The van der Waals surface area contributed by atoms with E-state index in [2.05, 4.69) is 14.6 Å². The molecule has 1 rings (SSSR count). The van der Waals surface area contributed by atoms with E-state index in [1.165, 1.54) is 0 Å². The van der Waals surface area contributed by atoms with Gasteiger partial charge < -0.3 is 14.8 Å². The lowest BCUT2D eigenvalue weighted by molar-refractivity contribution is -0.757. The lowest BCUT2D eigenvalue weighted by Gasteiger charge is -2.34. The molecule has 0 radical (unpaired) electrons. The number of nitrogens with zero attached hydrogens (tertiary/aromatic N) is 3. The van der Waals surface area contributed by atoms with Gasteiger partial charge in [0.1, 0.15) is 6.61 Å². The lowest BCUT2D eigenvalue weighted by Crippen LogP contribution is -2.47. The van der Waals surface area contributed by atoms with Crippen molar-refractivity contribution >= 4 is 11.8 Å². The number of rotatable bonds is 9. The summed E-state index contributed by atoms with van der Waals surface area (Å²) in [5.74, 6) is -2.12. The minimum Gasteiger partial charge on any atom is -0.476 e. The van der Waals surface area contributed by atoms with Gasteiger partial charge in [-0.05, 0) is 13.0 Å². The van der Waals surface area contributed by atoms with E-state index >= 15 is 0 Å². The maximum atomic E-state index is 10.9. The molecule has 1 aliphatic rings. The molecule has 0 aliphatic carbocycles. The van der Waals surface area contributed by atoms with Crippen molar-refractivity contribution in [3.63, 3.8) is 0 Å². The van der Waals surface area contributed by atoms with E-state index in [1.54, 1.807) is 0 Å². The third-order valence-corrected chi connectivity index (χ3v) is 3.19. The first-order valence-corrected chi connectivity index (χ1v) is 6.47. The van der Waals surface area contributed by atoms with Crippen LogP contribution in [0, 0.1) is 10.1 Å². The quantitative estimate of drug-likeness (QED) is 0.335. The first-order valence-electron chi connectivity index (χ1n) is 6.47. The Balaban J connectivity index is 2.08. The Kier molecular flexibility index (Phi) is 6.88.